The highest BCUT2D eigenvalue weighted by atomic mass is 19.1. The average molecular weight is 342 g/mol. The molecule has 2 aromatic carbocycles. The second-order valence-electron chi connectivity index (χ2n) is 5.77. The standard InChI is InChI=1S/C19H19FN2O3/c1-2-9-22(10-11-23)19(24)14-5-8-17-16(12-14)18(25-21-17)13-3-6-15(20)7-4-13/h3-8,12,23H,2,9-11H2,1H3. The summed E-state index contributed by atoms with van der Waals surface area (Å²) in [4.78, 5) is 14.3. The van der Waals surface area contributed by atoms with Crippen molar-refractivity contribution in [2.45, 2.75) is 13.3 Å². The van der Waals surface area contributed by atoms with Crippen molar-refractivity contribution < 1.29 is 18.8 Å². The van der Waals surface area contributed by atoms with Crippen molar-refractivity contribution in [3.8, 4) is 11.3 Å². The van der Waals surface area contributed by atoms with Gasteiger partial charge in [0.25, 0.3) is 5.91 Å². The highest BCUT2D eigenvalue weighted by Gasteiger charge is 2.18. The van der Waals surface area contributed by atoms with Gasteiger partial charge in [0.15, 0.2) is 5.76 Å². The number of rotatable bonds is 6. The molecular weight excluding hydrogens is 323 g/mol. The van der Waals surface area contributed by atoms with E-state index in [0.29, 0.717) is 40.9 Å². The summed E-state index contributed by atoms with van der Waals surface area (Å²) in [6.07, 6.45) is 0.808. The zero-order chi connectivity index (χ0) is 17.8. The molecule has 1 aromatic heterocycles. The molecule has 1 amide bonds. The number of benzene rings is 2. The Balaban J connectivity index is 2.00. The number of carbonyl (C=O) groups is 1. The summed E-state index contributed by atoms with van der Waals surface area (Å²) in [6, 6.07) is 11.1. The molecule has 0 bridgehead atoms. The Morgan fingerprint density at radius 1 is 1.20 bits per heavy atom. The lowest BCUT2D eigenvalue weighted by molar-refractivity contribution is 0.0722. The molecule has 25 heavy (non-hydrogen) atoms. The molecule has 0 aliphatic heterocycles. The van der Waals surface area contributed by atoms with Crippen LogP contribution in [0.15, 0.2) is 47.0 Å². The van der Waals surface area contributed by atoms with Gasteiger partial charge in [-0.15, -0.1) is 0 Å². The maximum Gasteiger partial charge on any atom is 0.253 e. The van der Waals surface area contributed by atoms with Crippen molar-refractivity contribution in [1.82, 2.24) is 10.1 Å². The molecule has 1 N–H and O–H groups in total. The molecule has 3 rings (SSSR count). The molecule has 0 aliphatic carbocycles. The van der Waals surface area contributed by atoms with E-state index in [1.807, 2.05) is 6.92 Å². The highest BCUT2D eigenvalue weighted by molar-refractivity contribution is 6.01. The molecular formula is C19H19FN2O3. The lowest BCUT2D eigenvalue weighted by Gasteiger charge is -2.21. The van der Waals surface area contributed by atoms with Crippen LogP contribution in [0, 0.1) is 5.82 Å². The molecule has 1 heterocycles. The monoisotopic (exact) mass is 342 g/mol. The number of aliphatic hydroxyl groups is 1. The van der Waals surface area contributed by atoms with Gasteiger partial charge in [-0.25, -0.2) is 4.39 Å². The van der Waals surface area contributed by atoms with E-state index >= 15 is 0 Å². The summed E-state index contributed by atoms with van der Waals surface area (Å²) in [7, 11) is 0. The van der Waals surface area contributed by atoms with Crippen LogP contribution in [-0.2, 0) is 0 Å². The Morgan fingerprint density at radius 2 is 1.96 bits per heavy atom. The first-order chi connectivity index (χ1) is 12.1. The Hall–Kier alpha value is -2.73. The number of fused-ring (bicyclic) bond motifs is 1. The SMILES string of the molecule is CCCN(CCO)C(=O)c1ccc2noc(-c3ccc(F)cc3)c2c1. The van der Waals surface area contributed by atoms with E-state index in [9.17, 15) is 9.18 Å². The van der Waals surface area contributed by atoms with Crippen LogP contribution in [0.5, 0.6) is 0 Å². The van der Waals surface area contributed by atoms with Crippen LogP contribution in [0.3, 0.4) is 0 Å². The van der Waals surface area contributed by atoms with Crippen molar-refractivity contribution in [1.29, 1.82) is 0 Å². The van der Waals surface area contributed by atoms with Gasteiger partial charge in [-0.2, -0.15) is 0 Å². The molecule has 0 radical (unpaired) electrons. The largest absolute Gasteiger partial charge is 0.395 e. The third-order valence-electron chi connectivity index (χ3n) is 3.98. The number of nitrogens with zero attached hydrogens (tertiary/aromatic N) is 2. The Kier molecular flexibility index (Phi) is 5.09. The van der Waals surface area contributed by atoms with Crippen LogP contribution >= 0.6 is 0 Å². The van der Waals surface area contributed by atoms with Gasteiger partial charge in [0.2, 0.25) is 0 Å². The van der Waals surface area contributed by atoms with E-state index in [1.165, 1.54) is 12.1 Å². The molecule has 3 aromatic rings. The molecule has 0 spiro atoms. The number of aromatic nitrogens is 1. The van der Waals surface area contributed by atoms with E-state index in [0.717, 1.165) is 6.42 Å². The van der Waals surface area contributed by atoms with Crippen LogP contribution in [0.4, 0.5) is 4.39 Å². The quantitative estimate of drug-likeness (QED) is 0.745. The second kappa shape index (κ2) is 7.44. The smallest absolute Gasteiger partial charge is 0.253 e. The van der Waals surface area contributed by atoms with Crippen molar-refractivity contribution in [3.05, 3.63) is 53.8 Å². The summed E-state index contributed by atoms with van der Waals surface area (Å²) in [5.41, 5.74) is 1.82. The first-order valence-electron chi connectivity index (χ1n) is 8.19. The average Bonchev–Trinajstić information content (AvgIpc) is 3.05. The number of hydrogen-bond donors (Lipinski definition) is 1. The molecule has 5 nitrogen and oxygen atoms in total. The number of aliphatic hydroxyl groups excluding tert-OH is 1. The fraction of sp³-hybridized carbons (Fsp3) is 0.263. The molecule has 0 saturated carbocycles. The summed E-state index contributed by atoms with van der Waals surface area (Å²) in [5, 5.41) is 13.9. The van der Waals surface area contributed by atoms with E-state index in [2.05, 4.69) is 5.16 Å². The van der Waals surface area contributed by atoms with E-state index in [1.54, 1.807) is 35.2 Å². The summed E-state index contributed by atoms with van der Waals surface area (Å²) < 4.78 is 18.5. The van der Waals surface area contributed by atoms with Crippen molar-refractivity contribution in [3.63, 3.8) is 0 Å². The van der Waals surface area contributed by atoms with Crippen molar-refractivity contribution >= 4 is 16.8 Å². The van der Waals surface area contributed by atoms with Crippen LogP contribution in [0.2, 0.25) is 0 Å². The van der Waals surface area contributed by atoms with Crippen LogP contribution in [-0.4, -0.2) is 40.8 Å². The minimum absolute atomic E-state index is 0.0813. The lowest BCUT2D eigenvalue weighted by Crippen LogP contribution is -2.34. The third kappa shape index (κ3) is 3.53. The molecule has 6 heteroatoms. The van der Waals surface area contributed by atoms with Gasteiger partial charge in [-0.3, -0.25) is 4.79 Å². The van der Waals surface area contributed by atoms with Gasteiger partial charge < -0.3 is 14.5 Å². The highest BCUT2D eigenvalue weighted by Crippen LogP contribution is 2.29. The summed E-state index contributed by atoms with van der Waals surface area (Å²) in [6.45, 7) is 2.76. The van der Waals surface area contributed by atoms with Crippen LogP contribution in [0.1, 0.15) is 23.7 Å². The second-order valence-corrected chi connectivity index (χ2v) is 5.77. The fourth-order valence-corrected chi connectivity index (χ4v) is 2.77. The van der Waals surface area contributed by atoms with Gasteiger partial charge >= 0.3 is 0 Å². The van der Waals surface area contributed by atoms with Gasteiger partial charge in [0.1, 0.15) is 11.3 Å². The maximum absolute atomic E-state index is 13.1. The Labute approximate surface area is 144 Å². The molecule has 0 atom stereocenters. The summed E-state index contributed by atoms with van der Waals surface area (Å²) >= 11 is 0. The number of hydrogen-bond acceptors (Lipinski definition) is 4. The van der Waals surface area contributed by atoms with Gasteiger partial charge in [-0.05, 0) is 48.9 Å². The maximum atomic E-state index is 13.1. The minimum Gasteiger partial charge on any atom is -0.395 e. The first kappa shape index (κ1) is 17.1. The van der Waals surface area contributed by atoms with Gasteiger partial charge in [0, 0.05) is 24.2 Å². The van der Waals surface area contributed by atoms with Crippen LogP contribution in [0.25, 0.3) is 22.2 Å². The topological polar surface area (TPSA) is 66.6 Å². The lowest BCUT2D eigenvalue weighted by atomic mass is 10.1. The van der Waals surface area contributed by atoms with Crippen molar-refractivity contribution in [2.75, 3.05) is 19.7 Å². The zero-order valence-electron chi connectivity index (χ0n) is 13.9. The number of amides is 1. The third-order valence-corrected chi connectivity index (χ3v) is 3.98. The molecule has 0 saturated heterocycles. The van der Waals surface area contributed by atoms with Crippen molar-refractivity contribution in [2.24, 2.45) is 0 Å². The van der Waals surface area contributed by atoms with Crippen LogP contribution < -0.4 is 0 Å². The van der Waals surface area contributed by atoms with Gasteiger partial charge in [-0.1, -0.05) is 12.1 Å². The van der Waals surface area contributed by atoms with E-state index in [-0.39, 0.29) is 18.3 Å². The summed E-state index contributed by atoms with van der Waals surface area (Å²) in [5.74, 6) is 0.0144. The molecule has 0 unspecified atom stereocenters. The Bertz CT molecular complexity index is 868. The van der Waals surface area contributed by atoms with E-state index in [4.69, 9.17) is 9.63 Å². The molecule has 130 valence electrons. The number of carbonyl (C=O) groups excluding carboxylic acids is 1. The fourth-order valence-electron chi connectivity index (χ4n) is 2.77. The number of halogens is 1. The predicted molar refractivity (Wildman–Crippen MR) is 92.7 cm³/mol. The molecule has 0 fully saturated rings. The zero-order valence-corrected chi connectivity index (χ0v) is 13.9. The predicted octanol–water partition coefficient (Wildman–Crippen LogP) is 3.48. The molecule has 0 aliphatic rings. The first-order valence-corrected chi connectivity index (χ1v) is 8.19. The minimum atomic E-state index is -0.331. The Morgan fingerprint density at radius 3 is 2.64 bits per heavy atom. The normalized spacial score (nSPS) is 11.0. The van der Waals surface area contributed by atoms with Gasteiger partial charge in [0.05, 0.1) is 12.0 Å². The van der Waals surface area contributed by atoms with E-state index < -0.39 is 0 Å².